The van der Waals surface area contributed by atoms with Crippen LogP contribution in [0.3, 0.4) is 0 Å². The Labute approximate surface area is 210 Å². The van der Waals surface area contributed by atoms with Crippen LogP contribution in [0.2, 0.25) is 0 Å². The lowest BCUT2D eigenvalue weighted by molar-refractivity contribution is -0.138. The lowest BCUT2D eigenvalue weighted by Crippen LogP contribution is -2.42. The van der Waals surface area contributed by atoms with Gasteiger partial charge in [0.2, 0.25) is 5.91 Å². The molecule has 9 nitrogen and oxygen atoms in total. The van der Waals surface area contributed by atoms with Gasteiger partial charge >= 0.3 is 5.97 Å². The lowest BCUT2D eigenvalue weighted by Gasteiger charge is -2.27. The first-order chi connectivity index (χ1) is 17.3. The van der Waals surface area contributed by atoms with Gasteiger partial charge in [0.05, 0.1) is 11.4 Å². The number of para-hydroxylation sites is 3. The first kappa shape index (κ1) is 25.2. The van der Waals surface area contributed by atoms with Gasteiger partial charge in [-0.25, -0.2) is 9.00 Å². The van der Waals surface area contributed by atoms with Gasteiger partial charge in [-0.05, 0) is 55.7 Å². The normalized spacial score (nSPS) is 12.9. The lowest BCUT2D eigenvalue weighted by atomic mass is 10.1. The number of carbonyl (C=O) groups is 2. The van der Waals surface area contributed by atoms with Crippen molar-refractivity contribution in [1.82, 2.24) is 0 Å². The van der Waals surface area contributed by atoms with Gasteiger partial charge in [-0.15, -0.1) is 0 Å². The smallest absolute Gasteiger partial charge is 0.327 e. The highest BCUT2D eigenvalue weighted by molar-refractivity contribution is 7.80. The maximum atomic E-state index is 12.3. The fourth-order valence-electron chi connectivity index (χ4n) is 4.32. The number of furan rings is 1. The summed E-state index contributed by atoms with van der Waals surface area (Å²) in [5.41, 5.74) is 1.90. The van der Waals surface area contributed by atoms with Gasteiger partial charge in [0.1, 0.15) is 23.0 Å². The van der Waals surface area contributed by atoms with Crippen LogP contribution in [0.25, 0.3) is 21.9 Å². The van der Waals surface area contributed by atoms with Gasteiger partial charge in [0.25, 0.3) is 11.3 Å². The van der Waals surface area contributed by atoms with Crippen molar-refractivity contribution in [3.8, 4) is 5.75 Å². The molecule has 4 rings (SSSR count). The molecule has 0 aliphatic heterocycles. The molecule has 10 heteroatoms. The number of aliphatic carboxylic acids is 1. The zero-order valence-electron chi connectivity index (χ0n) is 19.5. The topological polar surface area (TPSA) is 132 Å². The van der Waals surface area contributed by atoms with E-state index < -0.39 is 23.3 Å². The summed E-state index contributed by atoms with van der Waals surface area (Å²) in [6.45, 7) is 1.65. The van der Waals surface area contributed by atoms with Gasteiger partial charge in [-0.2, -0.15) is 0 Å². The van der Waals surface area contributed by atoms with Crippen molar-refractivity contribution in [3.05, 3.63) is 66.7 Å². The van der Waals surface area contributed by atoms with E-state index in [1.807, 2.05) is 24.3 Å². The summed E-state index contributed by atoms with van der Waals surface area (Å²) < 4.78 is 29.1. The van der Waals surface area contributed by atoms with Crippen molar-refractivity contribution in [2.45, 2.75) is 32.2 Å². The molecule has 0 radical (unpaired) electrons. The van der Waals surface area contributed by atoms with Crippen LogP contribution < -0.4 is 9.21 Å². The number of aromatic hydroxyl groups is 1. The number of hydrogen-bond donors (Lipinski definition) is 3. The Hall–Kier alpha value is -3.89. The van der Waals surface area contributed by atoms with Gasteiger partial charge in [-0.3, -0.25) is 13.7 Å². The zero-order chi connectivity index (χ0) is 25.8. The van der Waals surface area contributed by atoms with E-state index in [1.165, 1.54) is 17.9 Å². The highest BCUT2D eigenvalue weighted by Crippen LogP contribution is 2.33. The standard InChI is InChI=1S/C26H26N2O7S/c1-17(29)27(21-9-3-4-11-23(21)30)15-7-6-10-22(26(31)32)28(36(33)34)18-13-14-25-20(16-18)19-8-2-5-12-24(19)35-25/h2-5,8-9,11-14,16,22,30H,6-7,10,15H2,1H3,(H,31,32)(H,33,34). The summed E-state index contributed by atoms with van der Waals surface area (Å²) in [6.07, 6.45) is 0.853. The number of carbonyl (C=O) groups excluding carboxylic acids is 1. The summed E-state index contributed by atoms with van der Waals surface area (Å²) in [5.74, 6) is -1.52. The molecule has 0 bridgehead atoms. The highest BCUT2D eigenvalue weighted by atomic mass is 32.2. The fourth-order valence-corrected chi connectivity index (χ4v) is 5.03. The van der Waals surface area contributed by atoms with Gasteiger partial charge in [0, 0.05) is 24.2 Å². The molecule has 1 aromatic heterocycles. The number of benzene rings is 3. The second-order valence-electron chi connectivity index (χ2n) is 8.34. The van der Waals surface area contributed by atoms with Crippen LogP contribution >= 0.6 is 0 Å². The van der Waals surface area contributed by atoms with Crippen molar-refractivity contribution in [3.63, 3.8) is 0 Å². The number of anilines is 2. The summed E-state index contributed by atoms with van der Waals surface area (Å²) in [5, 5.41) is 21.5. The van der Waals surface area contributed by atoms with Gasteiger partial charge < -0.3 is 19.5 Å². The predicted molar refractivity (Wildman–Crippen MR) is 138 cm³/mol. The number of carboxylic acids is 1. The van der Waals surface area contributed by atoms with Gasteiger partial charge in [0.15, 0.2) is 0 Å². The molecule has 0 aliphatic rings. The Kier molecular flexibility index (Phi) is 7.56. The molecule has 3 aromatic carbocycles. The first-order valence-corrected chi connectivity index (χ1v) is 12.4. The van der Waals surface area contributed by atoms with E-state index in [2.05, 4.69) is 0 Å². The van der Waals surface area contributed by atoms with Crippen LogP contribution in [0.4, 0.5) is 11.4 Å². The maximum absolute atomic E-state index is 12.3. The molecule has 3 N–H and O–H groups in total. The van der Waals surface area contributed by atoms with E-state index >= 15 is 0 Å². The van der Waals surface area contributed by atoms with Crippen LogP contribution in [0.1, 0.15) is 26.2 Å². The minimum absolute atomic E-state index is 0.0277. The third-order valence-electron chi connectivity index (χ3n) is 6.01. The minimum Gasteiger partial charge on any atom is -0.506 e. The third kappa shape index (κ3) is 5.19. The average molecular weight is 511 g/mol. The first-order valence-electron chi connectivity index (χ1n) is 11.4. The molecule has 2 atom stereocenters. The molecule has 188 valence electrons. The van der Waals surface area contributed by atoms with Gasteiger partial charge in [-0.1, -0.05) is 30.3 Å². The maximum Gasteiger partial charge on any atom is 0.327 e. The molecule has 1 amide bonds. The van der Waals surface area contributed by atoms with Crippen LogP contribution in [0.15, 0.2) is 71.1 Å². The molecular weight excluding hydrogens is 484 g/mol. The molecule has 0 spiro atoms. The van der Waals surface area contributed by atoms with Crippen molar-refractivity contribution >= 4 is 56.5 Å². The Morgan fingerprint density at radius 2 is 1.67 bits per heavy atom. The SMILES string of the molecule is CC(=O)N(CCCCC(C(=O)O)N(c1ccc2oc3ccccc3c2c1)S(=O)O)c1ccccc1O. The number of fused-ring (bicyclic) bond motifs is 3. The zero-order valence-corrected chi connectivity index (χ0v) is 20.4. The third-order valence-corrected chi connectivity index (χ3v) is 6.81. The molecule has 4 aromatic rings. The molecule has 2 unspecified atom stereocenters. The van der Waals surface area contributed by atoms with Crippen LogP contribution in [-0.4, -0.2) is 43.4 Å². The molecule has 0 saturated heterocycles. The molecule has 0 saturated carbocycles. The van der Waals surface area contributed by atoms with Crippen molar-refractivity contribution in [1.29, 1.82) is 0 Å². The second kappa shape index (κ2) is 10.8. The summed E-state index contributed by atoms with van der Waals surface area (Å²) in [6, 6.07) is 17.4. The number of amides is 1. The predicted octanol–water partition coefficient (Wildman–Crippen LogP) is 4.91. The quantitative estimate of drug-likeness (QED) is 0.204. The number of carboxylic acid groups (broad SMARTS) is 1. The molecule has 36 heavy (non-hydrogen) atoms. The van der Waals surface area contributed by atoms with Crippen LogP contribution in [0.5, 0.6) is 5.75 Å². The van der Waals surface area contributed by atoms with Crippen LogP contribution in [-0.2, 0) is 20.9 Å². The Balaban J connectivity index is 1.52. The summed E-state index contributed by atoms with van der Waals surface area (Å²) in [7, 11) is 0. The Bertz CT molecular complexity index is 1430. The number of rotatable bonds is 10. The summed E-state index contributed by atoms with van der Waals surface area (Å²) in [4.78, 5) is 25.7. The molecule has 0 aliphatic carbocycles. The van der Waals surface area contributed by atoms with E-state index in [1.54, 1.807) is 36.4 Å². The molecule has 0 fully saturated rings. The molecule has 1 heterocycles. The number of unbranched alkanes of at least 4 members (excludes halogenated alkanes) is 1. The van der Waals surface area contributed by atoms with Crippen molar-refractivity contribution in [2.75, 3.05) is 15.7 Å². The average Bonchev–Trinajstić information content (AvgIpc) is 3.21. The van der Waals surface area contributed by atoms with E-state index in [0.717, 1.165) is 9.69 Å². The number of phenolic OH excluding ortho intramolecular Hbond substituents is 1. The monoisotopic (exact) mass is 510 g/mol. The van der Waals surface area contributed by atoms with E-state index in [9.17, 15) is 28.6 Å². The fraction of sp³-hybridized carbons (Fsp3) is 0.231. The number of phenols is 1. The largest absolute Gasteiger partial charge is 0.506 e. The second-order valence-corrected chi connectivity index (χ2v) is 9.20. The number of nitrogens with zero attached hydrogens (tertiary/aromatic N) is 2. The van der Waals surface area contributed by atoms with E-state index in [-0.39, 0.29) is 30.3 Å². The van der Waals surface area contributed by atoms with E-state index in [0.29, 0.717) is 35.1 Å². The van der Waals surface area contributed by atoms with Crippen LogP contribution in [0, 0.1) is 0 Å². The number of hydrogen-bond acceptors (Lipinski definition) is 5. The van der Waals surface area contributed by atoms with E-state index in [4.69, 9.17) is 4.42 Å². The highest BCUT2D eigenvalue weighted by Gasteiger charge is 2.30. The Morgan fingerprint density at radius 3 is 2.36 bits per heavy atom. The minimum atomic E-state index is -2.60. The molecular formula is C26H26N2O7S. The van der Waals surface area contributed by atoms with Crippen molar-refractivity contribution < 1.29 is 33.0 Å². The summed E-state index contributed by atoms with van der Waals surface area (Å²) >= 11 is -2.60. The van der Waals surface area contributed by atoms with Crippen molar-refractivity contribution in [2.24, 2.45) is 0 Å². The Morgan fingerprint density at radius 1 is 0.972 bits per heavy atom.